The van der Waals surface area contributed by atoms with E-state index < -0.39 is 0 Å². The van der Waals surface area contributed by atoms with Crippen molar-refractivity contribution < 1.29 is 4.74 Å². The maximum absolute atomic E-state index is 6.21. The molecule has 5 rings (SSSR count). The maximum atomic E-state index is 6.21. The third-order valence-corrected chi connectivity index (χ3v) is 6.54. The number of nitrogens with two attached hydrogens (primary N) is 1. The molecular weight excluding hydrogens is 390 g/mol. The second kappa shape index (κ2) is 8.15. The van der Waals surface area contributed by atoms with E-state index >= 15 is 0 Å². The quantitative estimate of drug-likeness (QED) is 0.740. The molecule has 164 valence electrons. The first-order chi connectivity index (χ1) is 15.0. The summed E-state index contributed by atoms with van der Waals surface area (Å²) in [6.07, 6.45) is 9.25. The minimum atomic E-state index is -0.159. The predicted molar refractivity (Wildman–Crippen MR) is 122 cm³/mol. The fourth-order valence-electron chi connectivity index (χ4n) is 4.18. The average Bonchev–Trinajstić information content (AvgIpc) is 3.52. The fourth-order valence-corrected chi connectivity index (χ4v) is 4.18. The summed E-state index contributed by atoms with van der Waals surface area (Å²) in [4.78, 5) is 26.2. The first kappa shape index (κ1) is 20.3. The summed E-state index contributed by atoms with van der Waals surface area (Å²) in [5.74, 6) is 1.16. The molecule has 0 bridgehead atoms. The van der Waals surface area contributed by atoms with Crippen molar-refractivity contribution in [1.29, 1.82) is 0 Å². The van der Waals surface area contributed by atoms with Gasteiger partial charge in [-0.2, -0.15) is 4.98 Å². The van der Waals surface area contributed by atoms with Crippen LogP contribution in [0.25, 0.3) is 11.2 Å². The van der Waals surface area contributed by atoms with E-state index in [9.17, 15) is 0 Å². The Morgan fingerprint density at radius 2 is 1.84 bits per heavy atom. The summed E-state index contributed by atoms with van der Waals surface area (Å²) in [5.41, 5.74) is 11.3. The summed E-state index contributed by atoms with van der Waals surface area (Å²) in [6, 6.07) is 0.450. The van der Waals surface area contributed by atoms with E-state index in [1.165, 1.54) is 6.42 Å². The average molecular weight is 422 g/mol. The molecule has 3 fully saturated rings. The van der Waals surface area contributed by atoms with Crippen LogP contribution >= 0.6 is 0 Å². The number of morpholine rings is 1. The molecule has 0 radical (unpaired) electrons. The van der Waals surface area contributed by atoms with E-state index in [2.05, 4.69) is 16.8 Å². The molecule has 0 aromatic carbocycles. The number of fused-ring (bicyclic) bond motifs is 1. The van der Waals surface area contributed by atoms with Crippen molar-refractivity contribution in [3.05, 3.63) is 28.9 Å². The highest BCUT2D eigenvalue weighted by Gasteiger charge is 2.32. The largest absolute Gasteiger partial charge is 0.404 e. The molecule has 31 heavy (non-hydrogen) atoms. The molecule has 2 aliphatic carbocycles. The molecule has 3 heterocycles. The van der Waals surface area contributed by atoms with Gasteiger partial charge < -0.3 is 15.4 Å². The minimum absolute atomic E-state index is 0.0281. The number of aromatic nitrogens is 4. The molecule has 1 saturated heterocycles. The number of nitrogens with zero attached hydrogens (tertiary/aromatic N) is 6. The lowest BCUT2D eigenvalue weighted by Gasteiger charge is -2.37. The second-order valence-electron chi connectivity index (χ2n) is 9.12. The molecule has 2 saturated carbocycles. The van der Waals surface area contributed by atoms with E-state index in [4.69, 9.17) is 30.4 Å². The van der Waals surface area contributed by atoms with Crippen molar-refractivity contribution in [1.82, 2.24) is 19.9 Å². The van der Waals surface area contributed by atoms with Gasteiger partial charge in [0.05, 0.1) is 35.8 Å². The van der Waals surface area contributed by atoms with Gasteiger partial charge >= 0.3 is 0 Å². The van der Waals surface area contributed by atoms with Crippen LogP contribution in [-0.4, -0.2) is 57.5 Å². The zero-order valence-corrected chi connectivity index (χ0v) is 18.6. The van der Waals surface area contributed by atoms with Crippen molar-refractivity contribution in [2.24, 2.45) is 10.7 Å². The number of rotatable bonds is 5. The maximum Gasteiger partial charge on any atom is 0.227 e. The zero-order valence-electron chi connectivity index (χ0n) is 18.6. The van der Waals surface area contributed by atoms with Gasteiger partial charge in [-0.25, -0.2) is 15.0 Å². The van der Waals surface area contributed by atoms with E-state index in [0.29, 0.717) is 30.1 Å². The number of hydrogen-bond donors (Lipinski definition) is 1. The standard InChI is InChI=1S/C23H31N7O/c1-13-11-30(12-19(31-13)17(9-24)10-25-18-7-8-18)23-28-20(16-5-4-6-16)21-22(29-23)27-15(3)14(2)26-21/h9-10,13,16,18-19H,4-8,11-12,24H2,1-3H3/b17-9+,25-10?/t13-,19-/m1/s1. The lowest BCUT2D eigenvalue weighted by Crippen LogP contribution is -2.48. The van der Waals surface area contributed by atoms with Crippen molar-refractivity contribution >= 4 is 23.3 Å². The van der Waals surface area contributed by atoms with Gasteiger partial charge in [0.2, 0.25) is 5.95 Å². The van der Waals surface area contributed by atoms with Crippen LogP contribution in [0.3, 0.4) is 0 Å². The molecule has 2 aromatic heterocycles. The molecule has 3 aliphatic rings. The minimum Gasteiger partial charge on any atom is -0.404 e. The van der Waals surface area contributed by atoms with E-state index in [-0.39, 0.29) is 12.2 Å². The van der Waals surface area contributed by atoms with Crippen LogP contribution < -0.4 is 10.6 Å². The van der Waals surface area contributed by atoms with E-state index in [0.717, 1.165) is 60.4 Å². The van der Waals surface area contributed by atoms with Crippen molar-refractivity contribution in [2.45, 2.75) is 77.0 Å². The predicted octanol–water partition coefficient (Wildman–Crippen LogP) is 2.97. The number of ether oxygens (including phenoxy) is 1. The second-order valence-corrected chi connectivity index (χ2v) is 9.12. The molecule has 8 heteroatoms. The van der Waals surface area contributed by atoms with Crippen LogP contribution in [-0.2, 0) is 4.74 Å². The molecule has 2 atom stereocenters. The van der Waals surface area contributed by atoms with Gasteiger partial charge in [0.1, 0.15) is 11.6 Å². The lowest BCUT2D eigenvalue weighted by molar-refractivity contribution is 0.00664. The Bertz CT molecular complexity index is 1040. The molecule has 1 aliphatic heterocycles. The van der Waals surface area contributed by atoms with Crippen LogP contribution in [0.15, 0.2) is 16.8 Å². The zero-order chi connectivity index (χ0) is 21.5. The Morgan fingerprint density at radius 1 is 1.06 bits per heavy atom. The molecule has 0 amide bonds. The molecular formula is C23H31N7O. The smallest absolute Gasteiger partial charge is 0.227 e. The Labute approximate surface area is 183 Å². The molecule has 0 unspecified atom stereocenters. The monoisotopic (exact) mass is 421 g/mol. The summed E-state index contributed by atoms with van der Waals surface area (Å²) in [5, 5.41) is 0. The number of anilines is 1. The van der Waals surface area contributed by atoms with Crippen LogP contribution in [0.2, 0.25) is 0 Å². The van der Waals surface area contributed by atoms with Crippen LogP contribution in [0.5, 0.6) is 0 Å². The van der Waals surface area contributed by atoms with Gasteiger partial charge in [-0.1, -0.05) is 6.42 Å². The van der Waals surface area contributed by atoms with Gasteiger partial charge in [0.25, 0.3) is 0 Å². The first-order valence-corrected chi connectivity index (χ1v) is 11.4. The Kier molecular flexibility index (Phi) is 5.33. The highest BCUT2D eigenvalue weighted by atomic mass is 16.5. The Hall–Kier alpha value is -2.61. The molecule has 0 spiro atoms. The highest BCUT2D eigenvalue weighted by Crippen LogP contribution is 2.38. The number of hydrogen-bond acceptors (Lipinski definition) is 8. The van der Waals surface area contributed by atoms with Gasteiger partial charge in [0, 0.05) is 30.5 Å². The van der Waals surface area contributed by atoms with Crippen LogP contribution in [0.1, 0.15) is 62.0 Å². The highest BCUT2D eigenvalue weighted by molar-refractivity contribution is 5.80. The lowest BCUT2D eigenvalue weighted by atomic mass is 9.82. The van der Waals surface area contributed by atoms with Gasteiger partial charge in [-0.15, -0.1) is 0 Å². The molecule has 2 N–H and O–H groups in total. The Morgan fingerprint density at radius 3 is 2.52 bits per heavy atom. The van der Waals surface area contributed by atoms with Crippen LogP contribution in [0.4, 0.5) is 5.95 Å². The van der Waals surface area contributed by atoms with Crippen molar-refractivity contribution in [3.8, 4) is 0 Å². The van der Waals surface area contributed by atoms with Gasteiger partial charge in [-0.3, -0.25) is 4.99 Å². The summed E-state index contributed by atoms with van der Waals surface area (Å²) < 4.78 is 6.21. The molecule has 2 aromatic rings. The van der Waals surface area contributed by atoms with Gasteiger partial charge in [-0.05, 0) is 46.5 Å². The summed E-state index contributed by atoms with van der Waals surface area (Å²) in [7, 11) is 0. The van der Waals surface area contributed by atoms with Crippen LogP contribution in [0, 0.1) is 13.8 Å². The number of aliphatic imine (C=N–C) groups is 1. The Balaban J connectivity index is 1.49. The summed E-state index contributed by atoms with van der Waals surface area (Å²) >= 11 is 0. The van der Waals surface area contributed by atoms with Gasteiger partial charge in [0.15, 0.2) is 5.65 Å². The van der Waals surface area contributed by atoms with Crippen molar-refractivity contribution in [3.63, 3.8) is 0 Å². The SMILES string of the molecule is Cc1nc2nc(N3C[C@@H](C)O[C@@H](/C(C=NC4CC4)=C/N)C3)nc(C3CCC3)c2nc1C. The first-order valence-electron chi connectivity index (χ1n) is 11.4. The normalized spacial score (nSPS) is 25.4. The number of aryl methyl sites for hydroxylation is 2. The summed E-state index contributed by atoms with van der Waals surface area (Å²) in [6.45, 7) is 7.42. The molecule has 8 nitrogen and oxygen atoms in total. The third-order valence-electron chi connectivity index (χ3n) is 6.54. The third kappa shape index (κ3) is 4.13. The van der Waals surface area contributed by atoms with E-state index in [1.807, 2.05) is 20.1 Å². The van der Waals surface area contributed by atoms with E-state index in [1.54, 1.807) is 6.20 Å². The van der Waals surface area contributed by atoms with Crippen molar-refractivity contribution in [2.75, 3.05) is 18.0 Å². The topological polar surface area (TPSA) is 102 Å². The fraction of sp³-hybridized carbons (Fsp3) is 0.609.